The van der Waals surface area contributed by atoms with Gasteiger partial charge in [0.15, 0.2) is 0 Å². The van der Waals surface area contributed by atoms with Crippen molar-refractivity contribution >= 4 is 17.8 Å². The minimum Gasteiger partial charge on any atom is -0.460 e. The third-order valence-electron chi connectivity index (χ3n) is 7.15. The smallest absolute Gasteiger partial charge is 0.308 e. The molecule has 0 aromatic carbocycles. The van der Waals surface area contributed by atoms with Crippen molar-refractivity contribution in [2.75, 3.05) is 53.2 Å². The zero-order valence-corrected chi connectivity index (χ0v) is 25.0. The van der Waals surface area contributed by atoms with Gasteiger partial charge < -0.3 is 33.9 Å². The molecular formula is C30H47N3O8. The van der Waals surface area contributed by atoms with Crippen molar-refractivity contribution in [3.05, 3.63) is 30.1 Å². The van der Waals surface area contributed by atoms with Crippen molar-refractivity contribution in [3.8, 4) is 0 Å². The Balaban J connectivity index is 1.18. The molecule has 1 aromatic heterocycles. The lowest BCUT2D eigenvalue weighted by Gasteiger charge is -2.29. The van der Waals surface area contributed by atoms with E-state index in [9.17, 15) is 14.4 Å². The third-order valence-corrected chi connectivity index (χ3v) is 7.15. The zero-order valence-electron chi connectivity index (χ0n) is 25.0. The first-order chi connectivity index (χ1) is 19.6. The number of esters is 1. The lowest BCUT2D eigenvalue weighted by molar-refractivity contribution is -0.156. The van der Waals surface area contributed by atoms with Crippen molar-refractivity contribution in [2.24, 2.45) is 5.92 Å². The van der Waals surface area contributed by atoms with Gasteiger partial charge >= 0.3 is 5.97 Å². The van der Waals surface area contributed by atoms with E-state index in [0.29, 0.717) is 46.2 Å². The van der Waals surface area contributed by atoms with Crippen molar-refractivity contribution in [3.63, 3.8) is 0 Å². The molecule has 1 aliphatic carbocycles. The number of ether oxygens (including phenoxy) is 5. The first-order valence-electron chi connectivity index (χ1n) is 14.7. The summed E-state index contributed by atoms with van der Waals surface area (Å²) in [4.78, 5) is 42.6. The monoisotopic (exact) mass is 577 g/mol. The molecule has 1 saturated carbocycles. The summed E-state index contributed by atoms with van der Waals surface area (Å²) < 4.78 is 28.1. The maximum atomic E-state index is 12.9. The molecule has 3 rings (SSSR count). The number of pyridine rings is 1. The summed E-state index contributed by atoms with van der Waals surface area (Å²) in [7, 11) is 1.73. The van der Waals surface area contributed by atoms with Crippen LogP contribution < -0.4 is 5.32 Å². The number of rotatable bonds is 16. The Hall–Kier alpha value is -2.60. The Morgan fingerprint density at radius 3 is 2.24 bits per heavy atom. The summed E-state index contributed by atoms with van der Waals surface area (Å²) in [5, 5.41) is 2.95. The Morgan fingerprint density at radius 2 is 1.61 bits per heavy atom. The first kappa shape index (κ1) is 32.9. The van der Waals surface area contributed by atoms with Gasteiger partial charge in [-0.2, -0.15) is 0 Å². The molecule has 1 N–H and O–H groups in total. The molecule has 11 heteroatoms. The maximum absolute atomic E-state index is 12.9. The summed E-state index contributed by atoms with van der Waals surface area (Å²) in [6.07, 6.45) is 7.85. The molecule has 11 nitrogen and oxygen atoms in total. The van der Waals surface area contributed by atoms with Gasteiger partial charge in [-0.3, -0.25) is 19.4 Å². The molecule has 2 amide bonds. The average molecular weight is 578 g/mol. The van der Waals surface area contributed by atoms with Crippen LogP contribution in [0.5, 0.6) is 0 Å². The van der Waals surface area contributed by atoms with Gasteiger partial charge in [0.25, 0.3) is 0 Å². The van der Waals surface area contributed by atoms with Crippen molar-refractivity contribution in [1.29, 1.82) is 0 Å². The predicted molar refractivity (Wildman–Crippen MR) is 151 cm³/mol. The van der Waals surface area contributed by atoms with Crippen LogP contribution in [-0.4, -0.2) is 98.7 Å². The van der Waals surface area contributed by atoms with E-state index in [1.807, 2.05) is 32.9 Å². The normalized spacial score (nSPS) is 23.0. The van der Waals surface area contributed by atoms with Gasteiger partial charge in [-0.05, 0) is 58.1 Å². The van der Waals surface area contributed by atoms with E-state index in [2.05, 4.69) is 10.3 Å². The minimum atomic E-state index is -0.478. The summed E-state index contributed by atoms with van der Waals surface area (Å²) >= 11 is 0. The van der Waals surface area contributed by atoms with E-state index in [0.717, 1.165) is 31.2 Å². The molecule has 0 unspecified atom stereocenters. The van der Waals surface area contributed by atoms with E-state index in [4.69, 9.17) is 23.7 Å². The standard InChI is InChI=1S/C30H47N3O8/c1-30(2,3)41-27(35)11-14-37-16-17-38-18-19-40-24-9-7-23(8-10-24)39-15-13-32-29(36)25-20-26(34)33(4)28(25)22-6-5-12-31-21-22/h5-6,12,21,23-25,28H,7-11,13-20H2,1-4H3,(H,32,36)/t23?,24?,25-,28+/m0/s1. The van der Waals surface area contributed by atoms with Gasteiger partial charge in [0, 0.05) is 32.4 Å². The molecular weight excluding hydrogens is 530 g/mol. The fraction of sp³-hybridized carbons (Fsp3) is 0.733. The predicted octanol–water partition coefficient (Wildman–Crippen LogP) is 2.83. The molecule has 2 fully saturated rings. The number of carbonyl (C=O) groups is 3. The second-order valence-corrected chi connectivity index (χ2v) is 11.5. The minimum absolute atomic E-state index is 0.0399. The van der Waals surface area contributed by atoms with Crippen LogP contribution in [0.1, 0.15) is 70.9 Å². The Morgan fingerprint density at radius 1 is 0.976 bits per heavy atom. The molecule has 1 aliphatic heterocycles. The quantitative estimate of drug-likeness (QED) is 0.233. The van der Waals surface area contributed by atoms with E-state index < -0.39 is 11.5 Å². The Labute approximate surface area is 243 Å². The summed E-state index contributed by atoms with van der Waals surface area (Å²) in [5.74, 6) is -0.876. The summed E-state index contributed by atoms with van der Waals surface area (Å²) in [5.41, 5.74) is 0.387. The molecule has 2 aliphatic rings. The summed E-state index contributed by atoms with van der Waals surface area (Å²) in [6.45, 7) is 8.58. The maximum Gasteiger partial charge on any atom is 0.308 e. The SMILES string of the molecule is CN1C(=O)C[C@H](C(=O)NCCOC2CCC(OCCOCCOCCC(=O)OC(C)(C)C)CC2)[C@H]1c1cccnc1. The molecule has 1 aromatic rings. The van der Waals surface area contributed by atoms with Crippen LogP contribution in [0, 0.1) is 5.92 Å². The number of amides is 2. The number of nitrogens with zero attached hydrogens (tertiary/aromatic N) is 2. The lowest BCUT2D eigenvalue weighted by Crippen LogP contribution is -2.37. The van der Waals surface area contributed by atoms with E-state index in [1.54, 1.807) is 24.3 Å². The highest BCUT2D eigenvalue weighted by atomic mass is 16.6. The van der Waals surface area contributed by atoms with Crippen LogP contribution in [0.15, 0.2) is 24.5 Å². The summed E-state index contributed by atoms with van der Waals surface area (Å²) in [6, 6.07) is 3.41. The van der Waals surface area contributed by atoms with Crippen molar-refractivity contribution < 1.29 is 38.1 Å². The average Bonchev–Trinajstić information content (AvgIpc) is 3.24. The highest BCUT2D eigenvalue weighted by Crippen LogP contribution is 2.36. The number of aromatic nitrogens is 1. The second-order valence-electron chi connectivity index (χ2n) is 11.5. The van der Waals surface area contributed by atoms with Gasteiger partial charge in [0.05, 0.1) is 70.2 Å². The topological polar surface area (TPSA) is 126 Å². The van der Waals surface area contributed by atoms with Crippen LogP contribution >= 0.6 is 0 Å². The van der Waals surface area contributed by atoms with Crippen molar-refractivity contribution in [1.82, 2.24) is 15.2 Å². The molecule has 1 saturated heterocycles. The van der Waals surface area contributed by atoms with Gasteiger partial charge in [-0.1, -0.05) is 6.07 Å². The fourth-order valence-electron chi connectivity index (χ4n) is 5.15. The van der Waals surface area contributed by atoms with Gasteiger partial charge in [0.1, 0.15) is 5.60 Å². The van der Waals surface area contributed by atoms with Gasteiger partial charge in [-0.15, -0.1) is 0 Å². The van der Waals surface area contributed by atoms with Crippen LogP contribution in [0.2, 0.25) is 0 Å². The molecule has 41 heavy (non-hydrogen) atoms. The highest BCUT2D eigenvalue weighted by Gasteiger charge is 2.42. The van der Waals surface area contributed by atoms with Crippen LogP contribution in [0.3, 0.4) is 0 Å². The molecule has 0 spiro atoms. The lowest BCUT2D eigenvalue weighted by atomic mass is 9.94. The number of hydrogen-bond acceptors (Lipinski definition) is 9. The Bertz CT molecular complexity index is 947. The molecule has 2 atom stereocenters. The largest absolute Gasteiger partial charge is 0.460 e. The fourth-order valence-corrected chi connectivity index (χ4v) is 5.15. The van der Waals surface area contributed by atoms with E-state index in [1.165, 1.54) is 0 Å². The van der Waals surface area contributed by atoms with E-state index in [-0.39, 0.29) is 48.9 Å². The van der Waals surface area contributed by atoms with Gasteiger partial charge in [-0.25, -0.2) is 0 Å². The van der Waals surface area contributed by atoms with Crippen molar-refractivity contribution in [2.45, 2.75) is 83.1 Å². The molecule has 2 heterocycles. The number of nitrogens with one attached hydrogen (secondary N) is 1. The second kappa shape index (κ2) is 16.7. The first-order valence-corrected chi connectivity index (χ1v) is 14.7. The number of hydrogen-bond donors (Lipinski definition) is 1. The van der Waals surface area contributed by atoms with E-state index >= 15 is 0 Å². The van der Waals surface area contributed by atoms with Crippen LogP contribution in [0.4, 0.5) is 0 Å². The molecule has 0 bridgehead atoms. The Kier molecular flexibility index (Phi) is 13.4. The number of carbonyl (C=O) groups excluding carboxylic acids is 3. The molecule has 230 valence electrons. The zero-order chi connectivity index (χ0) is 29.7. The highest BCUT2D eigenvalue weighted by molar-refractivity contribution is 5.90. The number of likely N-dealkylation sites (tertiary alicyclic amines) is 1. The van der Waals surface area contributed by atoms with Gasteiger partial charge in [0.2, 0.25) is 11.8 Å². The van der Waals surface area contributed by atoms with Crippen LogP contribution in [0.25, 0.3) is 0 Å². The molecule has 0 radical (unpaired) electrons. The third kappa shape index (κ3) is 11.7. The van der Waals surface area contributed by atoms with Crippen LogP contribution in [-0.2, 0) is 38.1 Å².